The maximum Gasteiger partial charge on any atom is 0.260 e. The van der Waals surface area contributed by atoms with E-state index in [1.54, 1.807) is 35.2 Å². The number of imide groups is 1. The second-order valence-corrected chi connectivity index (χ2v) is 8.99. The van der Waals surface area contributed by atoms with E-state index >= 15 is 0 Å². The minimum atomic E-state index is -0.248. The largest absolute Gasteiger partial charge is 0.308 e. The number of aromatic nitrogens is 1. The van der Waals surface area contributed by atoms with Crippen LogP contribution in [0.3, 0.4) is 0 Å². The lowest BCUT2D eigenvalue weighted by Gasteiger charge is -2.22. The molecule has 31 heavy (non-hydrogen) atoms. The van der Waals surface area contributed by atoms with E-state index in [2.05, 4.69) is 4.98 Å². The smallest absolute Gasteiger partial charge is 0.260 e. The van der Waals surface area contributed by atoms with Crippen LogP contribution >= 0.6 is 22.9 Å². The first-order chi connectivity index (χ1) is 14.8. The van der Waals surface area contributed by atoms with Crippen molar-refractivity contribution < 1.29 is 14.4 Å². The topological polar surface area (TPSA) is 73.8 Å². The van der Waals surface area contributed by atoms with E-state index in [9.17, 15) is 14.4 Å². The maximum absolute atomic E-state index is 13.5. The summed E-state index contributed by atoms with van der Waals surface area (Å²) in [6.07, 6.45) is 0.389. The van der Waals surface area contributed by atoms with E-state index in [4.69, 9.17) is 11.6 Å². The molecule has 0 saturated carbocycles. The number of amides is 3. The second-order valence-electron chi connectivity index (χ2n) is 7.54. The van der Waals surface area contributed by atoms with Crippen molar-refractivity contribution in [2.45, 2.75) is 12.8 Å². The lowest BCUT2D eigenvalue weighted by Crippen LogP contribution is -2.37. The van der Waals surface area contributed by atoms with Crippen molar-refractivity contribution in [3.8, 4) is 0 Å². The molecule has 0 spiro atoms. The summed E-state index contributed by atoms with van der Waals surface area (Å²) in [5, 5.41) is 1.18. The molecule has 3 amide bonds. The molecular formula is C22H21ClN4O3S. The number of anilines is 2. The van der Waals surface area contributed by atoms with Gasteiger partial charge in [-0.15, -0.1) is 0 Å². The zero-order valence-electron chi connectivity index (χ0n) is 17.2. The molecule has 1 aromatic heterocycles. The predicted octanol–water partition coefficient (Wildman–Crippen LogP) is 3.81. The van der Waals surface area contributed by atoms with Gasteiger partial charge < -0.3 is 4.90 Å². The third-order valence-electron chi connectivity index (χ3n) is 4.99. The van der Waals surface area contributed by atoms with E-state index in [0.717, 1.165) is 15.1 Å². The number of nitrogens with zero attached hydrogens (tertiary/aromatic N) is 4. The van der Waals surface area contributed by atoms with Gasteiger partial charge in [-0.3, -0.25) is 24.2 Å². The average Bonchev–Trinajstić information content (AvgIpc) is 3.30. The van der Waals surface area contributed by atoms with Gasteiger partial charge in [-0.25, -0.2) is 4.98 Å². The highest BCUT2D eigenvalue weighted by atomic mass is 35.5. The van der Waals surface area contributed by atoms with Gasteiger partial charge in [0.05, 0.1) is 15.9 Å². The van der Waals surface area contributed by atoms with Gasteiger partial charge in [0.1, 0.15) is 0 Å². The molecule has 0 N–H and O–H groups in total. The van der Waals surface area contributed by atoms with Crippen LogP contribution in [-0.4, -0.2) is 54.8 Å². The van der Waals surface area contributed by atoms with Gasteiger partial charge in [-0.1, -0.05) is 29.0 Å². The number of halogens is 1. The van der Waals surface area contributed by atoms with Crippen molar-refractivity contribution in [2.75, 3.05) is 37.0 Å². The van der Waals surface area contributed by atoms with Gasteiger partial charge in [0.2, 0.25) is 11.8 Å². The summed E-state index contributed by atoms with van der Waals surface area (Å²) >= 11 is 7.50. The van der Waals surface area contributed by atoms with E-state index in [-0.39, 0.29) is 30.6 Å². The number of carbonyl (C=O) groups excluding carboxylic acids is 3. The third kappa shape index (κ3) is 4.46. The molecule has 160 valence electrons. The first-order valence-electron chi connectivity index (χ1n) is 9.82. The molecule has 0 bridgehead atoms. The van der Waals surface area contributed by atoms with E-state index < -0.39 is 0 Å². The highest BCUT2D eigenvalue weighted by molar-refractivity contribution is 7.22. The van der Waals surface area contributed by atoms with E-state index in [0.29, 0.717) is 34.5 Å². The minimum Gasteiger partial charge on any atom is -0.308 e. The Morgan fingerprint density at radius 3 is 2.55 bits per heavy atom. The van der Waals surface area contributed by atoms with Crippen molar-refractivity contribution >= 4 is 61.7 Å². The van der Waals surface area contributed by atoms with Crippen LogP contribution in [0.1, 0.15) is 23.2 Å². The fourth-order valence-corrected chi connectivity index (χ4v) is 4.65. The number of benzene rings is 2. The molecule has 1 aliphatic heterocycles. The highest BCUT2D eigenvalue weighted by Gasteiger charge is 2.31. The van der Waals surface area contributed by atoms with Gasteiger partial charge in [0.15, 0.2) is 5.13 Å². The highest BCUT2D eigenvalue weighted by Crippen LogP contribution is 2.32. The van der Waals surface area contributed by atoms with Crippen molar-refractivity contribution in [3.63, 3.8) is 0 Å². The molecular weight excluding hydrogens is 436 g/mol. The van der Waals surface area contributed by atoms with Crippen LogP contribution < -0.4 is 9.80 Å². The van der Waals surface area contributed by atoms with Crippen LogP contribution in [0.4, 0.5) is 10.8 Å². The van der Waals surface area contributed by atoms with Crippen LogP contribution in [0.2, 0.25) is 5.02 Å². The summed E-state index contributed by atoms with van der Waals surface area (Å²) in [5.41, 5.74) is 1.58. The molecule has 7 nitrogen and oxygen atoms in total. The summed E-state index contributed by atoms with van der Waals surface area (Å²) in [4.78, 5) is 47.1. The molecule has 3 aromatic rings. The standard InChI is InChI=1S/C22H21ClN4O3S/c1-25(2)10-11-26(22-24-17-7-6-15(23)13-18(17)31-22)21(30)14-4-3-5-16(12-14)27-19(28)8-9-20(27)29/h3-7,12-13H,8-11H2,1-2H3. The second kappa shape index (κ2) is 8.74. The zero-order chi connectivity index (χ0) is 22.1. The Hall–Kier alpha value is -2.81. The SMILES string of the molecule is CN(C)CCN(C(=O)c1cccc(N2C(=O)CCC2=O)c1)c1nc2ccc(Cl)cc2s1. The molecule has 9 heteroatoms. The number of hydrogen-bond donors (Lipinski definition) is 0. The average molecular weight is 457 g/mol. The fourth-order valence-electron chi connectivity index (χ4n) is 3.38. The molecule has 2 aromatic carbocycles. The fraction of sp³-hybridized carbons (Fsp3) is 0.273. The lowest BCUT2D eigenvalue weighted by atomic mass is 10.1. The molecule has 4 rings (SSSR count). The Balaban J connectivity index is 1.69. The van der Waals surface area contributed by atoms with Crippen molar-refractivity contribution in [1.29, 1.82) is 0 Å². The molecule has 1 saturated heterocycles. The first kappa shape index (κ1) is 21.4. The monoisotopic (exact) mass is 456 g/mol. The van der Waals surface area contributed by atoms with Gasteiger partial charge >= 0.3 is 0 Å². The summed E-state index contributed by atoms with van der Waals surface area (Å²) in [5.74, 6) is -0.739. The maximum atomic E-state index is 13.5. The number of carbonyl (C=O) groups is 3. The Kier molecular flexibility index (Phi) is 6.04. The van der Waals surface area contributed by atoms with E-state index in [1.807, 2.05) is 31.1 Å². The molecule has 1 fully saturated rings. The van der Waals surface area contributed by atoms with Gasteiger partial charge in [0, 0.05) is 36.5 Å². The Morgan fingerprint density at radius 2 is 1.84 bits per heavy atom. The van der Waals surface area contributed by atoms with Gasteiger partial charge in [0.25, 0.3) is 5.91 Å². The minimum absolute atomic E-state index is 0.195. The van der Waals surface area contributed by atoms with Crippen LogP contribution in [0.5, 0.6) is 0 Å². The van der Waals surface area contributed by atoms with E-state index in [1.165, 1.54) is 11.3 Å². The molecule has 0 aliphatic carbocycles. The Bertz CT molecular complexity index is 1160. The van der Waals surface area contributed by atoms with Crippen LogP contribution in [-0.2, 0) is 9.59 Å². The lowest BCUT2D eigenvalue weighted by molar-refractivity contribution is -0.121. The van der Waals surface area contributed by atoms with Crippen molar-refractivity contribution in [3.05, 3.63) is 53.1 Å². The Labute approximate surface area is 188 Å². The normalized spacial score (nSPS) is 14.1. The molecule has 2 heterocycles. The molecule has 0 radical (unpaired) electrons. The quantitative estimate of drug-likeness (QED) is 0.527. The third-order valence-corrected chi connectivity index (χ3v) is 6.27. The zero-order valence-corrected chi connectivity index (χ0v) is 18.7. The molecule has 0 unspecified atom stereocenters. The first-order valence-corrected chi connectivity index (χ1v) is 11.0. The number of fused-ring (bicyclic) bond motifs is 1. The van der Waals surface area contributed by atoms with Crippen LogP contribution in [0.25, 0.3) is 10.2 Å². The summed E-state index contributed by atoms with van der Waals surface area (Å²) in [6, 6.07) is 12.1. The number of hydrogen-bond acceptors (Lipinski definition) is 6. The number of likely N-dealkylation sites (N-methyl/N-ethyl adjacent to an activating group) is 1. The summed E-state index contributed by atoms with van der Waals surface area (Å²) in [6.45, 7) is 1.08. The predicted molar refractivity (Wildman–Crippen MR) is 123 cm³/mol. The molecule has 0 atom stereocenters. The number of thiazole rings is 1. The summed E-state index contributed by atoms with van der Waals surface area (Å²) in [7, 11) is 3.87. The van der Waals surface area contributed by atoms with Gasteiger partial charge in [-0.05, 0) is 50.5 Å². The van der Waals surface area contributed by atoms with Crippen molar-refractivity contribution in [1.82, 2.24) is 9.88 Å². The van der Waals surface area contributed by atoms with Gasteiger partial charge in [-0.2, -0.15) is 0 Å². The summed E-state index contributed by atoms with van der Waals surface area (Å²) < 4.78 is 0.896. The Morgan fingerprint density at radius 1 is 1.10 bits per heavy atom. The van der Waals surface area contributed by atoms with Crippen LogP contribution in [0, 0.1) is 0 Å². The molecule has 1 aliphatic rings. The number of rotatable bonds is 6. The van der Waals surface area contributed by atoms with Crippen LogP contribution in [0.15, 0.2) is 42.5 Å². The van der Waals surface area contributed by atoms with Crippen molar-refractivity contribution in [2.24, 2.45) is 0 Å².